The summed E-state index contributed by atoms with van der Waals surface area (Å²) in [5.41, 5.74) is 10.5. The summed E-state index contributed by atoms with van der Waals surface area (Å²) in [4.78, 5) is 26.3. The molecule has 0 saturated heterocycles. The van der Waals surface area contributed by atoms with E-state index in [1.807, 2.05) is 48.5 Å². The Bertz CT molecular complexity index is 1050. The van der Waals surface area contributed by atoms with Crippen LogP contribution in [0, 0.1) is 5.41 Å². The van der Waals surface area contributed by atoms with Crippen molar-refractivity contribution < 1.29 is 9.59 Å². The minimum Gasteiger partial charge on any atom is -0.384 e. The van der Waals surface area contributed by atoms with Crippen molar-refractivity contribution in [3.8, 4) is 0 Å². The van der Waals surface area contributed by atoms with E-state index < -0.39 is 0 Å². The molecule has 5 heteroatoms. The number of hydrogen-bond donors (Lipinski definition) is 2. The zero-order valence-electron chi connectivity index (χ0n) is 15.9. The summed E-state index contributed by atoms with van der Waals surface area (Å²) in [5.74, 6) is -0.391. The number of amides is 2. The Morgan fingerprint density at radius 3 is 1.66 bits per heavy atom. The zero-order valence-corrected chi connectivity index (χ0v) is 15.9. The summed E-state index contributed by atoms with van der Waals surface area (Å²) in [5, 5.41) is 7.44. The van der Waals surface area contributed by atoms with Crippen molar-refractivity contribution in [2.75, 3.05) is 0 Å². The van der Waals surface area contributed by atoms with Gasteiger partial charge in [-0.25, -0.2) is 0 Å². The molecule has 1 heterocycles. The van der Waals surface area contributed by atoms with Crippen molar-refractivity contribution in [2.45, 2.75) is 19.4 Å². The SMILES string of the molecule is N=C(N)c1ccc(CCc2ccc(CN3C(=O)c4ccccc4C3=O)cc2)cc1. The summed E-state index contributed by atoms with van der Waals surface area (Å²) in [6.45, 7) is 0.277. The number of hydrogen-bond acceptors (Lipinski definition) is 3. The molecule has 144 valence electrons. The molecule has 0 aromatic heterocycles. The fourth-order valence-electron chi connectivity index (χ4n) is 3.52. The van der Waals surface area contributed by atoms with Crippen molar-refractivity contribution in [3.63, 3.8) is 0 Å². The largest absolute Gasteiger partial charge is 0.384 e. The highest BCUT2D eigenvalue weighted by atomic mass is 16.2. The van der Waals surface area contributed by atoms with E-state index in [0.29, 0.717) is 11.1 Å². The average Bonchev–Trinajstić information content (AvgIpc) is 2.98. The molecular formula is C24H21N3O2. The molecule has 3 aromatic carbocycles. The standard InChI is InChI=1S/C24H21N3O2/c25-22(26)19-13-11-17(12-14-19)6-5-16-7-9-18(10-8-16)15-27-23(28)20-3-1-2-4-21(20)24(27)29/h1-4,7-14H,5-6,15H2,(H3,25,26). The van der Waals surface area contributed by atoms with Gasteiger partial charge in [0.05, 0.1) is 17.7 Å². The van der Waals surface area contributed by atoms with Crippen LogP contribution in [0.25, 0.3) is 0 Å². The van der Waals surface area contributed by atoms with Crippen LogP contribution in [0.15, 0.2) is 72.8 Å². The van der Waals surface area contributed by atoms with E-state index in [1.54, 1.807) is 24.3 Å². The van der Waals surface area contributed by atoms with Gasteiger partial charge in [0.2, 0.25) is 0 Å². The van der Waals surface area contributed by atoms with Crippen LogP contribution in [0.4, 0.5) is 0 Å². The van der Waals surface area contributed by atoms with Gasteiger partial charge < -0.3 is 5.73 Å². The number of benzene rings is 3. The van der Waals surface area contributed by atoms with Gasteiger partial charge in [0.1, 0.15) is 5.84 Å². The maximum Gasteiger partial charge on any atom is 0.261 e. The van der Waals surface area contributed by atoms with E-state index in [9.17, 15) is 9.59 Å². The third-order valence-electron chi connectivity index (χ3n) is 5.21. The fourth-order valence-corrected chi connectivity index (χ4v) is 3.52. The number of nitrogens with one attached hydrogen (secondary N) is 1. The van der Waals surface area contributed by atoms with Gasteiger partial charge in [-0.3, -0.25) is 19.9 Å². The van der Waals surface area contributed by atoms with E-state index in [2.05, 4.69) is 0 Å². The quantitative estimate of drug-likeness (QED) is 0.388. The van der Waals surface area contributed by atoms with Gasteiger partial charge >= 0.3 is 0 Å². The van der Waals surface area contributed by atoms with E-state index in [4.69, 9.17) is 11.1 Å². The molecule has 0 fully saturated rings. The van der Waals surface area contributed by atoms with E-state index in [0.717, 1.165) is 24.0 Å². The van der Waals surface area contributed by atoms with E-state index >= 15 is 0 Å². The predicted octanol–water partition coefficient (Wildman–Crippen LogP) is 3.55. The van der Waals surface area contributed by atoms with E-state index in [-0.39, 0.29) is 24.2 Å². The normalized spacial score (nSPS) is 12.9. The molecule has 3 N–H and O–H groups in total. The first kappa shape index (κ1) is 18.6. The Morgan fingerprint density at radius 2 is 1.17 bits per heavy atom. The second kappa shape index (κ2) is 7.72. The summed E-state index contributed by atoms with van der Waals surface area (Å²) in [6, 6.07) is 22.7. The van der Waals surface area contributed by atoms with E-state index in [1.165, 1.54) is 16.0 Å². The van der Waals surface area contributed by atoms with Crippen LogP contribution < -0.4 is 5.73 Å². The lowest BCUT2D eigenvalue weighted by Crippen LogP contribution is -2.29. The van der Waals surface area contributed by atoms with Crippen molar-refractivity contribution in [1.82, 2.24) is 4.90 Å². The van der Waals surface area contributed by atoms with Gasteiger partial charge in [0, 0.05) is 5.56 Å². The molecule has 0 saturated carbocycles. The molecule has 5 nitrogen and oxygen atoms in total. The molecule has 0 radical (unpaired) electrons. The highest BCUT2D eigenvalue weighted by Gasteiger charge is 2.34. The first-order chi connectivity index (χ1) is 14.0. The monoisotopic (exact) mass is 383 g/mol. The number of nitrogens with two attached hydrogens (primary N) is 1. The summed E-state index contributed by atoms with van der Waals surface area (Å²) < 4.78 is 0. The number of imide groups is 1. The van der Waals surface area contributed by atoms with Gasteiger partial charge in [-0.2, -0.15) is 0 Å². The molecule has 1 aliphatic heterocycles. The molecule has 4 rings (SSSR count). The van der Waals surface area contributed by atoms with Crippen LogP contribution in [0.3, 0.4) is 0 Å². The van der Waals surface area contributed by atoms with Crippen molar-refractivity contribution >= 4 is 17.6 Å². The van der Waals surface area contributed by atoms with Crippen LogP contribution >= 0.6 is 0 Å². The first-order valence-electron chi connectivity index (χ1n) is 9.49. The molecule has 1 aliphatic rings. The Balaban J connectivity index is 1.38. The summed E-state index contributed by atoms with van der Waals surface area (Å²) >= 11 is 0. The van der Waals surface area contributed by atoms with Gasteiger partial charge in [-0.05, 0) is 41.7 Å². The number of carbonyl (C=O) groups excluding carboxylic acids is 2. The van der Waals surface area contributed by atoms with Crippen LogP contribution in [-0.2, 0) is 19.4 Å². The lowest BCUT2D eigenvalue weighted by atomic mass is 10.0. The number of amidine groups is 1. The van der Waals surface area contributed by atoms with Crippen LogP contribution in [-0.4, -0.2) is 22.5 Å². The zero-order chi connectivity index (χ0) is 20.4. The maximum absolute atomic E-state index is 12.5. The average molecular weight is 383 g/mol. The topological polar surface area (TPSA) is 87.2 Å². The van der Waals surface area contributed by atoms with Crippen LogP contribution in [0.5, 0.6) is 0 Å². The third-order valence-corrected chi connectivity index (χ3v) is 5.21. The molecular weight excluding hydrogens is 362 g/mol. The highest BCUT2D eigenvalue weighted by Crippen LogP contribution is 2.24. The molecule has 3 aromatic rings. The Hall–Kier alpha value is -3.73. The lowest BCUT2D eigenvalue weighted by Gasteiger charge is -2.14. The van der Waals surface area contributed by atoms with Crippen molar-refractivity contribution in [1.29, 1.82) is 5.41 Å². The fraction of sp³-hybridized carbons (Fsp3) is 0.125. The highest BCUT2D eigenvalue weighted by molar-refractivity contribution is 6.21. The minimum atomic E-state index is -0.233. The molecule has 29 heavy (non-hydrogen) atoms. The Morgan fingerprint density at radius 1 is 0.724 bits per heavy atom. The molecule has 2 amide bonds. The maximum atomic E-state index is 12.5. The Labute approximate surface area is 169 Å². The predicted molar refractivity (Wildman–Crippen MR) is 112 cm³/mol. The van der Waals surface area contributed by atoms with Gasteiger partial charge in [0.15, 0.2) is 0 Å². The number of fused-ring (bicyclic) bond motifs is 1. The molecule has 0 spiro atoms. The number of nitrogen functional groups attached to an aromatic ring is 1. The number of aryl methyl sites for hydroxylation is 2. The third kappa shape index (κ3) is 3.80. The second-order valence-electron chi connectivity index (χ2n) is 7.17. The van der Waals surface area contributed by atoms with Crippen molar-refractivity contribution in [2.24, 2.45) is 5.73 Å². The number of nitrogens with zero attached hydrogens (tertiary/aromatic N) is 1. The smallest absolute Gasteiger partial charge is 0.261 e. The minimum absolute atomic E-state index is 0.0743. The lowest BCUT2D eigenvalue weighted by molar-refractivity contribution is 0.0642. The summed E-state index contributed by atoms with van der Waals surface area (Å²) in [6.07, 6.45) is 1.77. The van der Waals surface area contributed by atoms with Crippen LogP contribution in [0.1, 0.15) is 43.0 Å². The molecule has 0 unspecified atom stereocenters. The first-order valence-corrected chi connectivity index (χ1v) is 9.49. The van der Waals surface area contributed by atoms with Crippen molar-refractivity contribution in [3.05, 3.63) is 106 Å². The van der Waals surface area contributed by atoms with Gasteiger partial charge in [-0.1, -0.05) is 60.7 Å². The summed E-state index contributed by atoms with van der Waals surface area (Å²) in [7, 11) is 0. The van der Waals surface area contributed by atoms with Gasteiger partial charge in [-0.15, -0.1) is 0 Å². The Kier molecular flexibility index (Phi) is 4.96. The molecule has 0 atom stereocenters. The number of carbonyl (C=O) groups is 2. The van der Waals surface area contributed by atoms with Gasteiger partial charge in [0.25, 0.3) is 11.8 Å². The van der Waals surface area contributed by atoms with Crippen LogP contribution in [0.2, 0.25) is 0 Å². The second-order valence-corrected chi connectivity index (χ2v) is 7.17. The molecule has 0 aliphatic carbocycles. The number of rotatable bonds is 6. The molecule has 0 bridgehead atoms.